The van der Waals surface area contributed by atoms with Crippen LogP contribution in [0.3, 0.4) is 0 Å². The predicted molar refractivity (Wildman–Crippen MR) is 146 cm³/mol. The summed E-state index contributed by atoms with van der Waals surface area (Å²) in [5, 5.41) is 11.2. The zero-order valence-electron chi connectivity index (χ0n) is 22.2. The topological polar surface area (TPSA) is 108 Å². The van der Waals surface area contributed by atoms with Gasteiger partial charge in [0.05, 0.1) is 31.5 Å². The van der Waals surface area contributed by atoms with Crippen LogP contribution in [0.1, 0.15) is 24.4 Å². The van der Waals surface area contributed by atoms with Crippen LogP contribution in [0, 0.1) is 5.82 Å². The number of carbonyl (C=O) groups is 2. The zero-order chi connectivity index (χ0) is 28.1. The Bertz CT molecular complexity index is 1500. The third kappa shape index (κ3) is 5.59. The molecular formula is C29H30FN5O5. The summed E-state index contributed by atoms with van der Waals surface area (Å²) in [5.41, 5.74) is 1.53. The monoisotopic (exact) mass is 547 g/mol. The summed E-state index contributed by atoms with van der Waals surface area (Å²) in [4.78, 5) is 29.2. The van der Waals surface area contributed by atoms with Gasteiger partial charge >= 0.3 is 0 Å². The van der Waals surface area contributed by atoms with Crippen molar-refractivity contribution >= 4 is 28.5 Å². The molecule has 0 spiro atoms. The maximum absolute atomic E-state index is 15.4. The molecule has 3 aromatic carbocycles. The maximum Gasteiger partial charge on any atom is 0.249 e. The van der Waals surface area contributed by atoms with Gasteiger partial charge in [0.25, 0.3) is 0 Å². The minimum absolute atomic E-state index is 0.0629. The Morgan fingerprint density at radius 3 is 2.67 bits per heavy atom. The summed E-state index contributed by atoms with van der Waals surface area (Å²) in [7, 11) is 2.97. The van der Waals surface area contributed by atoms with Crippen molar-refractivity contribution in [3.8, 4) is 11.5 Å². The van der Waals surface area contributed by atoms with Crippen LogP contribution in [0.4, 0.5) is 10.1 Å². The molecule has 2 unspecified atom stereocenters. The molecule has 1 aromatic heterocycles. The van der Waals surface area contributed by atoms with E-state index in [1.165, 1.54) is 37.1 Å². The molecule has 40 heavy (non-hydrogen) atoms. The molecule has 1 N–H and O–H groups in total. The van der Waals surface area contributed by atoms with Crippen LogP contribution >= 0.6 is 0 Å². The number of benzene rings is 3. The van der Waals surface area contributed by atoms with Gasteiger partial charge in [-0.3, -0.25) is 14.5 Å². The molecule has 0 bridgehead atoms. The third-order valence-corrected chi connectivity index (χ3v) is 6.86. The Hall–Kier alpha value is -4.51. The Morgan fingerprint density at radius 1 is 1.12 bits per heavy atom. The molecule has 2 amide bonds. The number of fused-ring (bicyclic) bond motifs is 1. The first-order chi connectivity index (χ1) is 19.5. The summed E-state index contributed by atoms with van der Waals surface area (Å²) in [5.74, 6) is -0.951. The van der Waals surface area contributed by atoms with Gasteiger partial charge in [0.2, 0.25) is 11.8 Å². The highest BCUT2D eigenvalue weighted by atomic mass is 19.1. The fourth-order valence-corrected chi connectivity index (χ4v) is 4.86. The van der Waals surface area contributed by atoms with Crippen LogP contribution < -0.4 is 19.7 Å². The van der Waals surface area contributed by atoms with Crippen LogP contribution in [0.2, 0.25) is 0 Å². The van der Waals surface area contributed by atoms with Gasteiger partial charge in [-0.1, -0.05) is 29.5 Å². The summed E-state index contributed by atoms with van der Waals surface area (Å²) in [6, 6.07) is 16.7. The van der Waals surface area contributed by atoms with E-state index in [1.807, 2.05) is 12.1 Å². The van der Waals surface area contributed by atoms with Crippen molar-refractivity contribution < 1.29 is 28.2 Å². The minimum atomic E-state index is -1.29. The molecule has 0 radical (unpaired) electrons. The Balaban J connectivity index is 1.60. The number of nitrogens with one attached hydrogen (secondary N) is 1. The molecule has 10 nitrogen and oxygen atoms in total. The van der Waals surface area contributed by atoms with Gasteiger partial charge < -0.3 is 19.5 Å². The van der Waals surface area contributed by atoms with Crippen molar-refractivity contribution in [2.24, 2.45) is 0 Å². The van der Waals surface area contributed by atoms with E-state index in [9.17, 15) is 9.59 Å². The molecule has 2 heterocycles. The molecule has 0 saturated carbocycles. The third-order valence-electron chi connectivity index (χ3n) is 6.86. The quantitative estimate of drug-likeness (QED) is 0.323. The second-order valence-electron chi connectivity index (χ2n) is 9.34. The van der Waals surface area contributed by atoms with Crippen LogP contribution in [0.25, 0.3) is 11.0 Å². The van der Waals surface area contributed by atoms with Gasteiger partial charge in [-0.25, -0.2) is 9.07 Å². The summed E-state index contributed by atoms with van der Waals surface area (Å²) in [6.45, 7) is 0.589. The van der Waals surface area contributed by atoms with Crippen LogP contribution in [-0.2, 0) is 20.9 Å². The lowest BCUT2D eigenvalue weighted by Gasteiger charge is -2.32. The van der Waals surface area contributed by atoms with Crippen LogP contribution in [0.15, 0.2) is 66.7 Å². The SMILES string of the molecule is COc1ccc(C(C(=O)NCC2CCCO2)N(C(=O)Cn2nnc3ccccc32)c2ccccc2F)c(OC)c1. The molecule has 1 aliphatic rings. The first-order valence-electron chi connectivity index (χ1n) is 13.0. The number of ether oxygens (including phenoxy) is 3. The fourth-order valence-electron chi connectivity index (χ4n) is 4.86. The average molecular weight is 548 g/mol. The highest BCUT2D eigenvalue weighted by Crippen LogP contribution is 2.37. The summed E-state index contributed by atoms with van der Waals surface area (Å²) < 4.78 is 33.4. The predicted octanol–water partition coefficient (Wildman–Crippen LogP) is 3.66. The molecule has 11 heteroatoms. The van der Waals surface area contributed by atoms with Gasteiger partial charge in [-0.2, -0.15) is 0 Å². The molecule has 5 rings (SSSR count). The second kappa shape index (κ2) is 12.1. The molecule has 2 atom stereocenters. The number of methoxy groups -OCH3 is 2. The zero-order valence-corrected chi connectivity index (χ0v) is 22.2. The largest absolute Gasteiger partial charge is 0.497 e. The first-order valence-corrected chi connectivity index (χ1v) is 13.0. The number of anilines is 1. The number of carbonyl (C=O) groups excluding carboxylic acids is 2. The molecule has 1 fully saturated rings. The van der Waals surface area contributed by atoms with Crippen LogP contribution in [0.5, 0.6) is 11.5 Å². The Labute approximate surface area is 230 Å². The number of para-hydroxylation sites is 2. The van der Waals surface area contributed by atoms with E-state index in [4.69, 9.17) is 14.2 Å². The van der Waals surface area contributed by atoms with E-state index in [2.05, 4.69) is 15.6 Å². The van der Waals surface area contributed by atoms with E-state index in [1.54, 1.807) is 36.4 Å². The van der Waals surface area contributed by atoms with Crippen LogP contribution in [-0.4, -0.2) is 60.3 Å². The fraction of sp³-hybridized carbons (Fsp3) is 0.310. The van der Waals surface area contributed by atoms with E-state index >= 15 is 4.39 Å². The Kier molecular flexibility index (Phi) is 8.20. The summed E-state index contributed by atoms with van der Waals surface area (Å²) in [6.07, 6.45) is 1.58. The van der Waals surface area contributed by atoms with E-state index < -0.39 is 23.7 Å². The number of hydrogen-bond donors (Lipinski definition) is 1. The highest BCUT2D eigenvalue weighted by Gasteiger charge is 2.37. The lowest BCUT2D eigenvalue weighted by atomic mass is 10.0. The molecule has 1 saturated heterocycles. The van der Waals surface area contributed by atoms with Gasteiger partial charge in [0.1, 0.15) is 35.4 Å². The van der Waals surface area contributed by atoms with Gasteiger partial charge in [-0.15, -0.1) is 5.10 Å². The summed E-state index contributed by atoms with van der Waals surface area (Å²) >= 11 is 0. The van der Waals surface area contributed by atoms with Crippen molar-refractivity contribution in [2.75, 3.05) is 32.3 Å². The van der Waals surface area contributed by atoms with Crippen molar-refractivity contribution in [1.82, 2.24) is 20.3 Å². The number of halogens is 1. The van der Waals surface area contributed by atoms with E-state index in [0.29, 0.717) is 34.7 Å². The number of nitrogens with zero attached hydrogens (tertiary/aromatic N) is 4. The maximum atomic E-state index is 15.4. The second-order valence-corrected chi connectivity index (χ2v) is 9.34. The van der Waals surface area contributed by atoms with E-state index in [-0.39, 0.29) is 24.9 Å². The number of amides is 2. The van der Waals surface area contributed by atoms with Crippen molar-refractivity contribution in [3.63, 3.8) is 0 Å². The van der Waals surface area contributed by atoms with Gasteiger partial charge in [-0.05, 0) is 49.2 Å². The highest BCUT2D eigenvalue weighted by molar-refractivity contribution is 6.02. The van der Waals surface area contributed by atoms with Crippen molar-refractivity contribution in [1.29, 1.82) is 0 Å². The number of rotatable bonds is 10. The van der Waals surface area contributed by atoms with Crippen molar-refractivity contribution in [3.05, 3.63) is 78.1 Å². The lowest BCUT2D eigenvalue weighted by Crippen LogP contribution is -2.47. The standard InChI is InChI=1S/C29H30FN5O5/c1-38-19-13-14-21(26(16-19)39-2)28(29(37)31-17-20-8-7-15-40-20)35(24-11-5-3-9-22(24)30)27(36)18-34-25-12-6-4-10-23(25)32-33-34/h3-6,9-14,16,20,28H,7-8,15,17-18H2,1-2H3,(H,31,37). The van der Waals surface area contributed by atoms with E-state index in [0.717, 1.165) is 17.7 Å². The normalized spacial score (nSPS) is 15.5. The smallest absolute Gasteiger partial charge is 0.249 e. The minimum Gasteiger partial charge on any atom is -0.497 e. The van der Waals surface area contributed by atoms with Crippen molar-refractivity contribution in [2.45, 2.75) is 31.5 Å². The molecule has 208 valence electrons. The molecule has 0 aliphatic carbocycles. The molecule has 4 aromatic rings. The lowest BCUT2D eigenvalue weighted by molar-refractivity contribution is -0.127. The average Bonchev–Trinajstić information content (AvgIpc) is 3.65. The molecular weight excluding hydrogens is 517 g/mol. The van der Waals surface area contributed by atoms with Gasteiger partial charge in [0.15, 0.2) is 0 Å². The van der Waals surface area contributed by atoms with Gasteiger partial charge in [0, 0.05) is 24.8 Å². The number of aromatic nitrogens is 3. The molecule has 1 aliphatic heterocycles. The Morgan fingerprint density at radius 2 is 1.93 bits per heavy atom. The number of hydrogen-bond acceptors (Lipinski definition) is 7. The first kappa shape index (κ1) is 27.1.